The Morgan fingerprint density at radius 1 is 1.00 bits per heavy atom. The van der Waals surface area contributed by atoms with Gasteiger partial charge < -0.3 is 14.2 Å². The Hall–Kier alpha value is -2.82. The van der Waals surface area contributed by atoms with Crippen molar-refractivity contribution in [2.45, 2.75) is 27.4 Å². The van der Waals surface area contributed by atoms with E-state index in [0.717, 1.165) is 11.1 Å². The summed E-state index contributed by atoms with van der Waals surface area (Å²) < 4.78 is 15.9. The van der Waals surface area contributed by atoms with Crippen LogP contribution in [0.4, 0.5) is 0 Å². The van der Waals surface area contributed by atoms with Gasteiger partial charge in [-0.25, -0.2) is 4.79 Å². The zero-order valence-electron chi connectivity index (χ0n) is 14.9. The molecule has 0 aliphatic rings. The van der Waals surface area contributed by atoms with Crippen molar-refractivity contribution in [2.75, 3.05) is 13.7 Å². The number of Topliss-reactive ketones (excluding diaryl/α,β-unsaturated/α-hetero) is 1. The van der Waals surface area contributed by atoms with E-state index in [0.29, 0.717) is 22.6 Å². The highest BCUT2D eigenvalue weighted by molar-refractivity contribution is 5.94. The molecule has 132 valence electrons. The van der Waals surface area contributed by atoms with Gasteiger partial charge >= 0.3 is 5.97 Å². The highest BCUT2D eigenvalue weighted by atomic mass is 16.6. The predicted octanol–water partition coefficient (Wildman–Crippen LogP) is 3.64. The number of benzene rings is 2. The first-order valence-electron chi connectivity index (χ1n) is 7.94. The fraction of sp³-hybridized carbons (Fsp3) is 0.300. The molecule has 0 aliphatic heterocycles. The molecule has 0 bridgehead atoms. The zero-order chi connectivity index (χ0) is 18.4. The molecule has 0 atom stereocenters. The third kappa shape index (κ3) is 5.08. The Morgan fingerprint density at radius 3 is 2.40 bits per heavy atom. The first-order chi connectivity index (χ1) is 11.9. The molecule has 0 N–H and O–H groups in total. The van der Waals surface area contributed by atoms with Gasteiger partial charge in [-0.05, 0) is 62.2 Å². The van der Waals surface area contributed by atoms with Crippen LogP contribution in [0.5, 0.6) is 11.5 Å². The van der Waals surface area contributed by atoms with E-state index in [4.69, 9.17) is 14.2 Å². The van der Waals surface area contributed by atoms with Gasteiger partial charge in [0.1, 0.15) is 18.1 Å². The van der Waals surface area contributed by atoms with Crippen molar-refractivity contribution in [3.05, 3.63) is 58.7 Å². The van der Waals surface area contributed by atoms with Gasteiger partial charge in [0, 0.05) is 11.1 Å². The van der Waals surface area contributed by atoms with Crippen molar-refractivity contribution in [2.24, 2.45) is 0 Å². The van der Waals surface area contributed by atoms with Crippen LogP contribution in [-0.4, -0.2) is 25.5 Å². The lowest BCUT2D eigenvalue weighted by molar-refractivity contribution is -0.147. The summed E-state index contributed by atoms with van der Waals surface area (Å²) in [5, 5.41) is 0. The van der Waals surface area contributed by atoms with Crippen molar-refractivity contribution in [1.82, 2.24) is 0 Å². The smallest absolute Gasteiger partial charge is 0.344 e. The number of hydrogen-bond donors (Lipinski definition) is 0. The fourth-order valence-corrected chi connectivity index (χ4v) is 2.26. The van der Waals surface area contributed by atoms with E-state index in [1.54, 1.807) is 18.2 Å². The largest absolute Gasteiger partial charge is 0.496 e. The lowest BCUT2D eigenvalue weighted by Gasteiger charge is -2.11. The SMILES string of the molecule is COc1ccc(C(C)=O)cc1COC(=O)COc1ccc(C)c(C)c1. The molecule has 0 unspecified atom stereocenters. The van der Waals surface area contributed by atoms with Gasteiger partial charge in [0.25, 0.3) is 0 Å². The first-order valence-corrected chi connectivity index (χ1v) is 7.94. The fourth-order valence-electron chi connectivity index (χ4n) is 2.26. The molecule has 2 aromatic carbocycles. The number of methoxy groups -OCH3 is 1. The quantitative estimate of drug-likeness (QED) is 0.568. The van der Waals surface area contributed by atoms with Crippen LogP contribution >= 0.6 is 0 Å². The molecule has 2 aromatic rings. The molecule has 0 amide bonds. The Morgan fingerprint density at radius 2 is 1.76 bits per heavy atom. The van der Waals surface area contributed by atoms with Gasteiger partial charge in [-0.1, -0.05) is 6.07 Å². The van der Waals surface area contributed by atoms with E-state index in [1.165, 1.54) is 14.0 Å². The Balaban J connectivity index is 1.94. The minimum atomic E-state index is -0.492. The predicted molar refractivity (Wildman–Crippen MR) is 94.2 cm³/mol. The number of rotatable bonds is 7. The summed E-state index contributed by atoms with van der Waals surface area (Å²) in [6, 6.07) is 10.7. The van der Waals surface area contributed by atoms with Gasteiger partial charge in [-0.2, -0.15) is 0 Å². The van der Waals surface area contributed by atoms with E-state index in [2.05, 4.69) is 0 Å². The van der Waals surface area contributed by atoms with Crippen LogP contribution in [0.15, 0.2) is 36.4 Å². The monoisotopic (exact) mass is 342 g/mol. The van der Waals surface area contributed by atoms with Crippen LogP contribution in [0.2, 0.25) is 0 Å². The summed E-state index contributed by atoms with van der Waals surface area (Å²) in [7, 11) is 1.52. The second-order valence-corrected chi connectivity index (χ2v) is 5.78. The lowest BCUT2D eigenvalue weighted by atomic mass is 10.1. The number of hydrogen-bond acceptors (Lipinski definition) is 5. The number of carbonyl (C=O) groups excluding carboxylic acids is 2. The number of carbonyl (C=O) groups is 2. The molecule has 0 aromatic heterocycles. The highest BCUT2D eigenvalue weighted by Crippen LogP contribution is 2.21. The molecule has 0 heterocycles. The molecular formula is C20H22O5. The summed E-state index contributed by atoms with van der Waals surface area (Å²) in [6.45, 7) is 5.30. The van der Waals surface area contributed by atoms with Crippen molar-refractivity contribution in [3.63, 3.8) is 0 Å². The van der Waals surface area contributed by atoms with Gasteiger partial charge in [0.2, 0.25) is 0 Å². The zero-order valence-corrected chi connectivity index (χ0v) is 14.9. The molecule has 0 saturated heterocycles. The van der Waals surface area contributed by atoms with Crippen LogP contribution in [0, 0.1) is 13.8 Å². The molecule has 0 saturated carbocycles. The summed E-state index contributed by atoms with van der Waals surface area (Å²) in [5.74, 6) is 0.630. The standard InChI is InChI=1S/C20H22O5/c1-13-5-7-18(9-14(13)2)24-12-20(22)25-11-17-10-16(15(3)21)6-8-19(17)23-4/h5-10H,11-12H2,1-4H3. The van der Waals surface area contributed by atoms with E-state index in [9.17, 15) is 9.59 Å². The molecule has 0 fully saturated rings. The summed E-state index contributed by atoms with van der Waals surface area (Å²) in [5.41, 5.74) is 3.43. The van der Waals surface area contributed by atoms with Crippen LogP contribution in [-0.2, 0) is 16.1 Å². The third-order valence-electron chi connectivity index (χ3n) is 3.91. The maximum Gasteiger partial charge on any atom is 0.344 e. The van der Waals surface area contributed by atoms with E-state index >= 15 is 0 Å². The minimum absolute atomic E-state index is 0.0133. The first kappa shape index (κ1) is 18.5. The second kappa shape index (κ2) is 8.33. The Kier molecular flexibility index (Phi) is 6.17. The maximum absolute atomic E-state index is 11.9. The molecule has 0 radical (unpaired) electrons. The third-order valence-corrected chi connectivity index (χ3v) is 3.91. The average molecular weight is 342 g/mol. The maximum atomic E-state index is 11.9. The van der Waals surface area contributed by atoms with Crippen molar-refractivity contribution in [3.8, 4) is 11.5 Å². The van der Waals surface area contributed by atoms with Crippen LogP contribution in [0.1, 0.15) is 34.0 Å². The number of aryl methyl sites for hydroxylation is 2. The van der Waals surface area contributed by atoms with Crippen LogP contribution in [0.3, 0.4) is 0 Å². The summed E-state index contributed by atoms with van der Waals surface area (Å²) in [4.78, 5) is 23.4. The van der Waals surface area contributed by atoms with Crippen LogP contribution in [0.25, 0.3) is 0 Å². The average Bonchev–Trinajstić information content (AvgIpc) is 2.60. The summed E-state index contributed by atoms with van der Waals surface area (Å²) in [6.07, 6.45) is 0. The van der Waals surface area contributed by atoms with Crippen molar-refractivity contribution in [1.29, 1.82) is 0 Å². The normalized spacial score (nSPS) is 10.2. The van der Waals surface area contributed by atoms with Crippen LogP contribution < -0.4 is 9.47 Å². The Bertz CT molecular complexity index is 780. The lowest BCUT2D eigenvalue weighted by Crippen LogP contribution is -2.15. The highest BCUT2D eigenvalue weighted by Gasteiger charge is 2.11. The van der Waals surface area contributed by atoms with Gasteiger partial charge in [0.05, 0.1) is 7.11 Å². The molecule has 25 heavy (non-hydrogen) atoms. The van der Waals surface area contributed by atoms with E-state index in [1.807, 2.05) is 32.0 Å². The van der Waals surface area contributed by atoms with Crippen molar-refractivity contribution >= 4 is 11.8 Å². The second-order valence-electron chi connectivity index (χ2n) is 5.78. The van der Waals surface area contributed by atoms with E-state index in [-0.39, 0.29) is 19.0 Å². The molecule has 0 spiro atoms. The van der Waals surface area contributed by atoms with Gasteiger partial charge in [-0.3, -0.25) is 4.79 Å². The van der Waals surface area contributed by atoms with E-state index < -0.39 is 5.97 Å². The molecule has 5 nitrogen and oxygen atoms in total. The minimum Gasteiger partial charge on any atom is -0.496 e. The van der Waals surface area contributed by atoms with Gasteiger partial charge in [0.15, 0.2) is 12.4 Å². The topological polar surface area (TPSA) is 61.8 Å². The molecule has 0 aliphatic carbocycles. The Labute approximate surface area is 147 Å². The number of ether oxygens (including phenoxy) is 3. The molecule has 5 heteroatoms. The van der Waals surface area contributed by atoms with Gasteiger partial charge in [-0.15, -0.1) is 0 Å². The summed E-state index contributed by atoms with van der Waals surface area (Å²) >= 11 is 0. The van der Waals surface area contributed by atoms with Crippen molar-refractivity contribution < 1.29 is 23.8 Å². The number of ketones is 1. The number of esters is 1. The molecular weight excluding hydrogens is 320 g/mol. The molecule has 2 rings (SSSR count).